The number of sulfonamides is 1. The zero-order chi connectivity index (χ0) is 20.1. The van der Waals surface area contributed by atoms with Crippen LogP contribution in [0, 0.1) is 13.8 Å². The number of morpholine rings is 1. The Morgan fingerprint density at radius 1 is 1.14 bits per heavy atom. The van der Waals surface area contributed by atoms with E-state index in [1.54, 1.807) is 12.1 Å². The monoisotopic (exact) mass is 405 g/mol. The molecule has 8 heteroatoms. The van der Waals surface area contributed by atoms with Crippen LogP contribution in [0.2, 0.25) is 0 Å². The number of pyridine rings is 1. The third-order valence-corrected chi connectivity index (χ3v) is 6.49. The smallest absolute Gasteiger partial charge is 0.244 e. The minimum Gasteiger partial charge on any atom is -0.492 e. The van der Waals surface area contributed by atoms with Crippen molar-refractivity contribution in [3.63, 3.8) is 0 Å². The number of hydrogen-bond acceptors (Lipinski definition) is 6. The maximum Gasteiger partial charge on any atom is 0.244 e. The molecule has 0 saturated carbocycles. The summed E-state index contributed by atoms with van der Waals surface area (Å²) in [4.78, 5) is 6.47. The highest BCUT2D eigenvalue weighted by atomic mass is 32.2. The van der Waals surface area contributed by atoms with Crippen LogP contribution in [0.5, 0.6) is 5.75 Å². The molecule has 1 aliphatic heterocycles. The van der Waals surface area contributed by atoms with E-state index in [2.05, 4.69) is 11.1 Å². The summed E-state index contributed by atoms with van der Waals surface area (Å²) in [6.07, 6.45) is 1.42. The number of aryl methyl sites for hydroxylation is 2. The molecule has 1 aromatic heterocycles. The third-order valence-electron chi connectivity index (χ3n) is 4.61. The summed E-state index contributed by atoms with van der Waals surface area (Å²) in [5, 5.41) is 0. The van der Waals surface area contributed by atoms with Gasteiger partial charge in [-0.05, 0) is 49.2 Å². The van der Waals surface area contributed by atoms with Crippen LogP contribution in [0.3, 0.4) is 0 Å². The van der Waals surface area contributed by atoms with E-state index in [1.807, 2.05) is 37.9 Å². The second-order valence-electron chi connectivity index (χ2n) is 6.96. The molecule has 7 nitrogen and oxygen atoms in total. The number of aromatic nitrogens is 1. The van der Waals surface area contributed by atoms with Gasteiger partial charge in [0.1, 0.15) is 23.1 Å². The van der Waals surface area contributed by atoms with Gasteiger partial charge in [0, 0.05) is 26.3 Å². The van der Waals surface area contributed by atoms with Crippen molar-refractivity contribution in [3.8, 4) is 5.75 Å². The van der Waals surface area contributed by atoms with Crippen LogP contribution in [0.1, 0.15) is 11.1 Å². The molecular formula is C20H27N3O4S. The minimum absolute atomic E-state index is 0.207. The summed E-state index contributed by atoms with van der Waals surface area (Å²) >= 11 is 0. The Hall–Kier alpha value is -2.16. The predicted molar refractivity (Wildman–Crippen MR) is 108 cm³/mol. The Balaban J connectivity index is 1.58. The molecule has 0 aliphatic carbocycles. The van der Waals surface area contributed by atoms with Crippen molar-refractivity contribution in [3.05, 3.63) is 47.7 Å². The van der Waals surface area contributed by atoms with E-state index in [1.165, 1.54) is 21.6 Å². The predicted octanol–water partition coefficient (Wildman–Crippen LogP) is 2.23. The summed E-state index contributed by atoms with van der Waals surface area (Å²) in [7, 11) is -1.61. The highest BCUT2D eigenvalue weighted by molar-refractivity contribution is 7.89. The number of likely N-dealkylation sites (N-methyl/N-ethyl adjacent to an activating group) is 1. The van der Waals surface area contributed by atoms with Gasteiger partial charge < -0.3 is 14.4 Å². The van der Waals surface area contributed by atoms with E-state index in [4.69, 9.17) is 9.47 Å². The molecule has 0 radical (unpaired) electrons. The first-order chi connectivity index (χ1) is 13.4. The lowest BCUT2D eigenvalue weighted by molar-refractivity contribution is 0.0730. The molecule has 1 aromatic carbocycles. The number of ether oxygens (including phenoxy) is 2. The molecule has 0 bridgehead atoms. The van der Waals surface area contributed by atoms with Gasteiger partial charge in [-0.1, -0.05) is 6.07 Å². The van der Waals surface area contributed by atoms with Crippen LogP contribution in [0.25, 0.3) is 0 Å². The third kappa shape index (κ3) is 5.01. The maximum atomic E-state index is 12.6. The molecule has 0 amide bonds. The lowest BCUT2D eigenvalue weighted by Gasteiger charge is -2.26. The van der Waals surface area contributed by atoms with Crippen molar-refractivity contribution in [1.29, 1.82) is 0 Å². The SMILES string of the molecule is Cc1cc(C)cc(OCCN(C)c2ccc(S(=O)(=O)N3CCOCC3)cn2)c1. The second kappa shape index (κ2) is 8.89. The Morgan fingerprint density at radius 2 is 1.82 bits per heavy atom. The van der Waals surface area contributed by atoms with Crippen molar-refractivity contribution < 1.29 is 17.9 Å². The summed E-state index contributed by atoms with van der Waals surface area (Å²) in [5.41, 5.74) is 2.34. The highest BCUT2D eigenvalue weighted by Crippen LogP contribution is 2.19. The normalized spacial score (nSPS) is 15.4. The quantitative estimate of drug-likeness (QED) is 0.704. The highest BCUT2D eigenvalue weighted by Gasteiger charge is 2.26. The largest absolute Gasteiger partial charge is 0.492 e. The van der Waals surface area contributed by atoms with Gasteiger partial charge in [-0.25, -0.2) is 13.4 Å². The van der Waals surface area contributed by atoms with Crippen molar-refractivity contribution >= 4 is 15.8 Å². The molecule has 0 unspecified atom stereocenters. The summed E-state index contributed by atoms with van der Waals surface area (Å²) in [6, 6.07) is 9.46. The lowest BCUT2D eigenvalue weighted by atomic mass is 10.1. The molecule has 152 valence electrons. The Bertz CT molecular complexity index is 874. The van der Waals surface area contributed by atoms with E-state index in [0.29, 0.717) is 45.3 Å². The van der Waals surface area contributed by atoms with E-state index < -0.39 is 10.0 Å². The molecular weight excluding hydrogens is 378 g/mol. The summed E-state index contributed by atoms with van der Waals surface area (Å²) < 4.78 is 37.8. The van der Waals surface area contributed by atoms with Crippen molar-refractivity contribution in [2.75, 3.05) is 51.4 Å². The van der Waals surface area contributed by atoms with E-state index >= 15 is 0 Å². The summed E-state index contributed by atoms with van der Waals surface area (Å²) in [5.74, 6) is 1.55. The number of anilines is 1. The standard InChI is InChI=1S/C20H27N3O4S/c1-16-12-17(2)14-18(13-16)27-11-6-22(3)20-5-4-19(15-21-20)28(24,25)23-7-9-26-10-8-23/h4-5,12-15H,6-11H2,1-3H3. The van der Waals surface area contributed by atoms with Crippen LogP contribution in [-0.2, 0) is 14.8 Å². The van der Waals surface area contributed by atoms with E-state index in [-0.39, 0.29) is 4.90 Å². The first-order valence-corrected chi connectivity index (χ1v) is 10.8. The topological polar surface area (TPSA) is 72.0 Å². The average molecular weight is 406 g/mol. The Morgan fingerprint density at radius 3 is 2.43 bits per heavy atom. The van der Waals surface area contributed by atoms with Crippen molar-refractivity contribution in [2.45, 2.75) is 18.7 Å². The fraction of sp³-hybridized carbons (Fsp3) is 0.450. The fourth-order valence-electron chi connectivity index (χ4n) is 3.12. The number of rotatable bonds is 7. The van der Waals surface area contributed by atoms with E-state index in [0.717, 1.165) is 5.75 Å². The molecule has 1 aliphatic rings. The van der Waals surface area contributed by atoms with Gasteiger partial charge in [0.05, 0.1) is 19.8 Å². The van der Waals surface area contributed by atoms with Gasteiger partial charge in [0.25, 0.3) is 0 Å². The maximum absolute atomic E-state index is 12.6. The Kier molecular flexibility index (Phi) is 6.53. The number of benzene rings is 1. The zero-order valence-electron chi connectivity index (χ0n) is 16.6. The van der Waals surface area contributed by atoms with E-state index in [9.17, 15) is 8.42 Å². The fourth-order valence-corrected chi connectivity index (χ4v) is 4.47. The van der Waals surface area contributed by atoms with Crippen LogP contribution in [-0.4, -0.2) is 64.2 Å². The van der Waals surface area contributed by atoms with Gasteiger partial charge in [-0.15, -0.1) is 0 Å². The molecule has 0 spiro atoms. The zero-order valence-corrected chi connectivity index (χ0v) is 17.4. The Labute approximate surface area is 166 Å². The first-order valence-electron chi connectivity index (χ1n) is 9.32. The average Bonchev–Trinajstić information content (AvgIpc) is 2.68. The van der Waals surface area contributed by atoms with Gasteiger partial charge in [-0.3, -0.25) is 0 Å². The molecule has 28 heavy (non-hydrogen) atoms. The van der Waals surface area contributed by atoms with Crippen LogP contribution in [0.15, 0.2) is 41.4 Å². The van der Waals surface area contributed by atoms with Gasteiger partial charge in [0.2, 0.25) is 10.0 Å². The lowest BCUT2D eigenvalue weighted by Crippen LogP contribution is -2.40. The van der Waals surface area contributed by atoms with Gasteiger partial charge in [0.15, 0.2) is 0 Å². The van der Waals surface area contributed by atoms with Crippen molar-refractivity contribution in [2.24, 2.45) is 0 Å². The van der Waals surface area contributed by atoms with Crippen molar-refractivity contribution in [1.82, 2.24) is 9.29 Å². The van der Waals surface area contributed by atoms with Crippen LogP contribution < -0.4 is 9.64 Å². The molecule has 2 heterocycles. The first kappa shape index (κ1) is 20.6. The number of nitrogens with zero attached hydrogens (tertiary/aromatic N) is 3. The molecule has 2 aromatic rings. The number of hydrogen-bond donors (Lipinski definition) is 0. The second-order valence-corrected chi connectivity index (χ2v) is 8.90. The molecule has 0 N–H and O–H groups in total. The van der Waals surface area contributed by atoms with Crippen LogP contribution in [0.4, 0.5) is 5.82 Å². The molecule has 3 rings (SSSR count). The van der Waals surface area contributed by atoms with Gasteiger partial charge >= 0.3 is 0 Å². The molecule has 1 fully saturated rings. The molecule has 0 atom stereocenters. The minimum atomic E-state index is -3.52. The molecule has 1 saturated heterocycles. The summed E-state index contributed by atoms with van der Waals surface area (Å²) in [6.45, 7) is 6.83. The van der Waals surface area contributed by atoms with Gasteiger partial charge in [-0.2, -0.15) is 4.31 Å². The van der Waals surface area contributed by atoms with Crippen LogP contribution >= 0.6 is 0 Å².